The van der Waals surface area contributed by atoms with Crippen LogP contribution < -0.4 is 5.43 Å². The Morgan fingerprint density at radius 3 is 2.57 bits per heavy atom. The van der Waals surface area contributed by atoms with Gasteiger partial charge < -0.3 is 5.11 Å². The number of benzene rings is 2. The lowest BCUT2D eigenvalue weighted by Crippen LogP contribution is -2.46. The number of hydrogen-bond acceptors (Lipinski definition) is 5. The van der Waals surface area contributed by atoms with Gasteiger partial charge in [0.15, 0.2) is 0 Å². The molecule has 9 heteroatoms. The summed E-state index contributed by atoms with van der Waals surface area (Å²) < 4.78 is 28.5. The highest BCUT2D eigenvalue weighted by Crippen LogP contribution is 2.27. The highest BCUT2D eigenvalue weighted by Gasteiger charge is 2.33. The minimum Gasteiger partial charge on any atom is -0.507 e. The maximum Gasteiger partial charge on any atom is 0.255 e. The van der Waals surface area contributed by atoms with Gasteiger partial charge in [0.25, 0.3) is 5.91 Å². The van der Waals surface area contributed by atoms with E-state index in [4.69, 9.17) is 0 Å². The molecule has 1 aliphatic rings. The van der Waals surface area contributed by atoms with Crippen molar-refractivity contribution in [1.29, 1.82) is 0 Å². The molecular weight excluding hydrogens is 470 g/mol. The summed E-state index contributed by atoms with van der Waals surface area (Å²) in [6.45, 7) is -0.316. The zero-order valence-corrected chi connectivity index (χ0v) is 18.8. The smallest absolute Gasteiger partial charge is 0.255 e. The van der Waals surface area contributed by atoms with Gasteiger partial charge >= 0.3 is 0 Å². The number of rotatable bonds is 7. The van der Waals surface area contributed by atoms with Gasteiger partial charge in [-0.25, -0.2) is 13.8 Å². The molecule has 30 heavy (non-hydrogen) atoms. The van der Waals surface area contributed by atoms with E-state index in [1.54, 1.807) is 30.3 Å². The molecule has 3 rings (SSSR count). The summed E-state index contributed by atoms with van der Waals surface area (Å²) in [5.74, 6) is -0.516. The molecule has 0 aromatic heterocycles. The van der Waals surface area contributed by atoms with Crippen molar-refractivity contribution in [3.63, 3.8) is 0 Å². The van der Waals surface area contributed by atoms with Crippen LogP contribution in [0.2, 0.25) is 0 Å². The molecule has 0 saturated heterocycles. The molecule has 0 unspecified atom stereocenters. The molecule has 0 spiro atoms. The normalized spacial score (nSPS) is 15.5. The van der Waals surface area contributed by atoms with E-state index in [0.29, 0.717) is 5.56 Å². The van der Waals surface area contributed by atoms with E-state index in [1.165, 1.54) is 28.7 Å². The van der Waals surface area contributed by atoms with Crippen LogP contribution in [0.5, 0.6) is 5.75 Å². The Balaban J connectivity index is 1.75. The summed E-state index contributed by atoms with van der Waals surface area (Å²) in [7, 11) is -3.81. The van der Waals surface area contributed by atoms with Crippen molar-refractivity contribution >= 4 is 38.1 Å². The van der Waals surface area contributed by atoms with Crippen molar-refractivity contribution in [2.75, 3.05) is 6.54 Å². The average Bonchev–Trinajstić information content (AvgIpc) is 2.75. The van der Waals surface area contributed by atoms with Crippen molar-refractivity contribution in [1.82, 2.24) is 9.73 Å². The standard InChI is InChI=1S/C21H24BrN3O4S/c22-17-11-12-20(26)16(13-17)14-23-24-21(27)15-25(18-7-3-1-4-8-18)30(28,29)19-9-5-2-6-10-19/h2,5-6,9-14,18,26H,1,3-4,7-8,15H2,(H,24,27)/b23-14+. The van der Waals surface area contributed by atoms with Crippen molar-refractivity contribution in [3.05, 3.63) is 58.6 Å². The summed E-state index contributed by atoms with van der Waals surface area (Å²) in [5.41, 5.74) is 2.79. The average molecular weight is 494 g/mol. The molecule has 2 N–H and O–H groups in total. The van der Waals surface area contributed by atoms with Gasteiger partial charge in [0.2, 0.25) is 10.0 Å². The molecule has 7 nitrogen and oxygen atoms in total. The third kappa shape index (κ3) is 5.68. The van der Waals surface area contributed by atoms with Gasteiger partial charge in [-0.2, -0.15) is 9.41 Å². The SMILES string of the molecule is O=C(CN(C1CCCCC1)S(=O)(=O)c1ccccc1)N/N=C/c1cc(Br)ccc1O. The van der Waals surface area contributed by atoms with Gasteiger partial charge in [-0.3, -0.25) is 4.79 Å². The van der Waals surface area contributed by atoms with Crippen LogP contribution >= 0.6 is 15.9 Å². The fraction of sp³-hybridized carbons (Fsp3) is 0.333. The molecule has 160 valence electrons. The second-order valence-corrected chi connectivity index (χ2v) is 9.96. The number of nitrogens with zero attached hydrogens (tertiary/aromatic N) is 2. The predicted octanol–water partition coefficient (Wildman–Crippen LogP) is 3.63. The zero-order chi connectivity index (χ0) is 21.6. The number of phenols is 1. The number of halogens is 1. The fourth-order valence-corrected chi connectivity index (χ4v) is 5.53. The number of carbonyl (C=O) groups is 1. The Hall–Kier alpha value is -2.23. The Morgan fingerprint density at radius 1 is 1.17 bits per heavy atom. The molecule has 2 aromatic rings. The summed E-state index contributed by atoms with van der Waals surface area (Å²) in [4.78, 5) is 12.7. The first kappa shape index (κ1) is 22.5. The predicted molar refractivity (Wildman–Crippen MR) is 119 cm³/mol. The topological polar surface area (TPSA) is 99.1 Å². The number of carbonyl (C=O) groups excluding carboxylic acids is 1. The Kier molecular flexibility index (Phi) is 7.63. The highest BCUT2D eigenvalue weighted by molar-refractivity contribution is 9.10. The number of nitrogens with one attached hydrogen (secondary N) is 1. The van der Waals surface area contributed by atoms with Crippen molar-refractivity contribution < 1.29 is 18.3 Å². The second kappa shape index (κ2) is 10.2. The Bertz CT molecular complexity index is 1010. The van der Waals surface area contributed by atoms with E-state index < -0.39 is 15.9 Å². The van der Waals surface area contributed by atoms with Gasteiger partial charge in [0, 0.05) is 16.1 Å². The zero-order valence-electron chi connectivity index (χ0n) is 16.4. The summed E-state index contributed by atoms with van der Waals surface area (Å²) in [6.07, 6.45) is 5.72. The summed E-state index contributed by atoms with van der Waals surface area (Å²) in [5, 5.41) is 13.7. The number of amides is 1. The van der Waals surface area contributed by atoms with E-state index in [1.807, 2.05) is 0 Å². The van der Waals surface area contributed by atoms with Crippen LogP contribution in [0.25, 0.3) is 0 Å². The monoisotopic (exact) mass is 493 g/mol. The number of hydrogen-bond donors (Lipinski definition) is 2. The first-order chi connectivity index (χ1) is 14.4. The van der Waals surface area contributed by atoms with E-state index in [-0.39, 0.29) is 23.2 Å². The quantitative estimate of drug-likeness (QED) is 0.454. The van der Waals surface area contributed by atoms with Crippen LogP contribution in [0, 0.1) is 0 Å². The third-order valence-electron chi connectivity index (χ3n) is 5.01. The lowest BCUT2D eigenvalue weighted by molar-refractivity contribution is -0.121. The van der Waals surface area contributed by atoms with Crippen LogP contribution in [-0.4, -0.2) is 42.5 Å². The lowest BCUT2D eigenvalue weighted by atomic mass is 9.95. The molecule has 1 fully saturated rings. The van der Waals surface area contributed by atoms with Gasteiger partial charge in [0.05, 0.1) is 17.7 Å². The molecule has 2 aromatic carbocycles. The Labute approximate surface area is 185 Å². The number of aromatic hydroxyl groups is 1. The van der Waals surface area contributed by atoms with Gasteiger partial charge in [-0.05, 0) is 43.2 Å². The van der Waals surface area contributed by atoms with Crippen molar-refractivity contribution in [2.45, 2.75) is 43.0 Å². The number of phenolic OH excluding ortho intramolecular Hbond substituents is 1. The van der Waals surface area contributed by atoms with Crippen LogP contribution in [-0.2, 0) is 14.8 Å². The van der Waals surface area contributed by atoms with Gasteiger partial charge in [-0.15, -0.1) is 0 Å². The first-order valence-corrected chi connectivity index (χ1v) is 12.0. The van der Waals surface area contributed by atoms with Crippen LogP contribution in [0.15, 0.2) is 63.0 Å². The lowest BCUT2D eigenvalue weighted by Gasteiger charge is -2.32. The van der Waals surface area contributed by atoms with E-state index in [0.717, 1.165) is 36.6 Å². The molecule has 0 aliphatic heterocycles. The molecule has 0 heterocycles. The van der Waals surface area contributed by atoms with Crippen LogP contribution in [0.4, 0.5) is 0 Å². The molecule has 1 aliphatic carbocycles. The maximum atomic E-state index is 13.2. The molecule has 0 atom stereocenters. The summed E-state index contributed by atoms with van der Waals surface area (Å²) >= 11 is 3.30. The van der Waals surface area contributed by atoms with Crippen molar-refractivity contribution in [3.8, 4) is 5.75 Å². The molecule has 1 amide bonds. The molecular formula is C21H24BrN3O4S. The maximum absolute atomic E-state index is 13.2. The number of sulfonamides is 1. The van der Waals surface area contributed by atoms with E-state index in [2.05, 4.69) is 26.5 Å². The molecule has 0 radical (unpaired) electrons. The Morgan fingerprint density at radius 2 is 1.87 bits per heavy atom. The van der Waals surface area contributed by atoms with Gasteiger partial charge in [-0.1, -0.05) is 53.4 Å². The van der Waals surface area contributed by atoms with E-state index >= 15 is 0 Å². The third-order valence-corrected chi connectivity index (χ3v) is 7.42. The highest BCUT2D eigenvalue weighted by atomic mass is 79.9. The minimum absolute atomic E-state index is 0.0201. The summed E-state index contributed by atoms with van der Waals surface area (Å²) in [6, 6.07) is 12.8. The molecule has 1 saturated carbocycles. The minimum atomic E-state index is -3.81. The van der Waals surface area contributed by atoms with Crippen LogP contribution in [0.1, 0.15) is 37.7 Å². The molecule has 0 bridgehead atoms. The number of hydrazone groups is 1. The largest absolute Gasteiger partial charge is 0.507 e. The van der Waals surface area contributed by atoms with Crippen molar-refractivity contribution in [2.24, 2.45) is 5.10 Å². The van der Waals surface area contributed by atoms with Crippen LogP contribution in [0.3, 0.4) is 0 Å². The van der Waals surface area contributed by atoms with E-state index in [9.17, 15) is 18.3 Å². The fourth-order valence-electron chi connectivity index (χ4n) is 3.49. The second-order valence-electron chi connectivity index (χ2n) is 7.15. The first-order valence-electron chi connectivity index (χ1n) is 9.75. The van der Waals surface area contributed by atoms with Gasteiger partial charge in [0.1, 0.15) is 5.75 Å².